The third-order valence-corrected chi connectivity index (χ3v) is 1.65. The molecule has 0 unspecified atom stereocenters. The highest BCUT2D eigenvalue weighted by molar-refractivity contribution is 6.34. The van der Waals surface area contributed by atoms with E-state index in [0.717, 1.165) is 0 Å². The first-order chi connectivity index (χ1) is 5.74. The topological polar surface area (TPSA) is 9.23 Å². The minimum atomic E-state index is 0.181. The second-order valence-corrected chi connectivity index (χ2v) is 2.80. The Balaban J connectivity index is 2.84. The Kier molecular flexibility index (Phi) is 3.28. The largest absolute Gasteiger partial charge is 0.479 e. The van der Waals surface area contributed by atoms with E-state index in [4.69, 9.17) is 34.4 Å². The van der Waals surface area contributed by atoms with Crippen LogP contribution in [0.15, 0.2) is 12.1 Å². The molecule has 1 rings (SSSR count). The van der Waals surface area contributed by atoms with Gasteiger partial charge in [0.15, 0.2) is 0 Å². The van der Waals surface area contributed by atoms with Gasteiger partial charge in [0.05, 0.1) is 10.0 Å². The van der Waals surface area contributed by atoms with Gasteiger partial charge in [0.1, 0.15) is 12.4 Å². The Morgan fingerprint density at radius 2 is 2.33 bits per heavy atom. The second kappa shape index (κ2) is 4.25. The fourth-order valence-electron chi connectivity index (χ4n) is 0.659. The zero-order valence-corrected chi connectivity index (χ0v) is 7.62. The van der Waals surface area contributed by atoms with E-state index >= 15 is 0 Å². The third kappa shape index (κ3) is 2.34. The summed E-state index contributed by atoms with van der Waals surface area (Å²) < 4.78 is 5.09. The van der Waals surface area contributed by atoms with Crippen LogP contribution in [0.5, 0.6) is 5.75 Å². The predicted octanol–water partition coefficient (Wildman–Crippen LogP) is 2.81. The van der Waals surface area contributed by atoms with Crippen molar-refractivity contribution in [2.75, 3.05) is 6.61 Å². The summed E-state index contributed by atoms with van der Waals surface area (Å²) in [5.41, 5.74) is 0. The summed E-state index contributed by atoms with van der Waals surface area (Å²) in [6.07, 6.45) is 5.01. The molecule has 0 aliphatic carbocycles. The van der Waals surface area contributed by atoms with Gasteiger partial charge in [-0.15, -0.1) is 6.42 Å². The van der Waals surface area contributed by atoms with Crippen molar-refractivity contribution in [2.45, 2.75) is 0 Å². The Morgan fingerprint density at radius 1 is 1.58 bits per heavy atom. The molecule has 0 aromatic heterocycles. The maximum absolute atomic E-state index is 5.75. The second-order valence-electron chi connectivity index (χ2n) is 1.99. The molecule has 0 saturated heterocycles. The fourth-order valence-corrected chi connectivity index (χ4v) is 0.976. The third-order valence-electron chi connectivity index (χ3n) is 1.14. The van der Waals surface area contributed by atoms with Crippen LogP contribution in [0.1, 0.15) is 0 Å². The van der Waals surface area contributed by atoms with E-state index < -0.39 is 0 Å². The Hall–Kier alpha value is -0.840. The van der Waals surface area contributed by atoms with Crippen molar-refractivity contribution in [2.24, 2.45) is 0 Å². The molecule has 1 nitrogen and oxygen atoms in total. The number of hydrogen-bond donors (Lipinski definition) is 0. The Bertz CT molecular complexity index is 315. The van der Waals surface area contributed by atoms with Crippen LogP contribution in [0, 0.1) is 18.4 Å². The van der Waals surface area contributed by atoms with Crippen LogP contribution in [0.3, 0.4) is 0 Å². The van der Waals surface area contributed by atoms with Crippen LogP contribution >= 0.6 is 23.2 Å². The van der Waals surface area contributed by atoms with Crippen LogP contribution in [-0.4, -0.2) is 6.61 Å². The summed E-state index contributed by atoms with van der Waals surface area (Å²) in [5, 5.41) is 0.904. The summed E-state index contributed by atoms with van der Waals surface area (Å²) in [5.74, 6) is 2.81. The molecule has 1 aromatic carbocycles. The number of hydrogen-bond acceptors (Lipinski definition) is 1. The molecule has 0 saturated carbocycles. The number of halogens is 2. The average molecular weight is 200 g/mol. The molecule has 12 heavy (non-hydrogen) atoms. The van der Waals surface area contributed by atoms with Gasteiger partial charge in [-0.05, 0) is 6.07 Å². The number of ether oxygens (including phenoxy) is 1. The van der Waals surface area contributed by atoms with Crippen LogP contribution in [-0.2, 0) is 0 Å². The van der Waals surface area contributed by atoms with Gasteiger partial charge in [0.2, 0.25) is 0 Å². The maximum atomic E-state index is 5.75. The lowest BCUT2D eigenvalue weighted by Crippen LogP contribution is -1.93. The van der Waals surface area contributed by atoms with Crippen molar-refractivity contribution >= 4 is 23.2 Å². The maximum Gasteiger partial charge on any atom is 0.148 e. The summed E-state index contributed by atoms with van der Waals surface area (Å²) in [4.78, 5) is 0. The smallest absolute Gasteiger partial charge is 0.148 e. The van der Waals surface area contributed by atoms with Gasteiger partial charge in [-0.25, -0.2) is 0 Å². The lowest BCUT2D eigenvalue weighted by Gasteiger charge is -2.03. The van der Waals surface area contributed by atoms with E-state index in [1.807, 2.05) is 0 Å². The van der Waals surface area contributed by atoms with E-state index in [2.05, 4.69) is 12.0 Å². The van der Waals surface area contributed by atoms with Gasteiger partial charge in [0.25, 0.3) is 0 Å². The standard InChI is InChI=1S/C9H5Cl2O/c1-2-5-12-9-6-7(10)3-4-8(9)11/h1,4,6H,5H2. The minimum Gasteiger partial charge on any atom is -0.479 e. The highest BCUT2D eigenvalue weighted by Gasteiger charge is 2.00. The Labute approximate surface area is 81.2 Å². The molecule has 0 atom stereocenters. The summed E-state index contributed by atoms with van der Waals surface area (Å²) in [6, 6.07) is 5.83. The molecule has 0 N–H and O–H groups in total. The van der Waals surface area contributed by atoms with E-state index in [9.17, 15) is 0 Å². The Morgan fingerprint density at radius 3 is 3.00 bits per heavy atom. The van der Waals surface area contributed by atoms with E-state index in [1.165, 1.54) is 6.07 Å². The van der Waals surface area contributed by atoms with E-state index in [0.29, 0.717) is 15.8 Å². The van der Waals surface area contributed by atoms with Crippen molar-refractivity contribution in [1.82, 2.24) is 0 Å². The van der Waals surface area contributed by atoms with Crippen molar-refractivity contribution < 1.29 is 4.74 Å². The molecule has 1 aromatic rings. The summed E-state index contributed by atoms with van der Waals surface area (Å²) >= 11 is 11.4. The zero-order chi connectivity index (χ0) is 8.97. The molecule has 0 spiro atoms. The van der Waals surface area contributed by atoms with Crippen LogP contribution in [0.2, 0.25) is 10.0 Å². The molecule has 0 amide bonds. The lowest BCUT2D eigenvalue weighted by atomic mass is 10.3. The quantitative estimate of drug-likeness (QED) is 0.667. The highest BCUT2D eigenvalue weighted by Crippen LogP contribution is 2.26. The van der Waals surface area contributed by atoms with Crippen molar-refractivity contribution in [3.05, 3.63) is 28.2 Å². The highest BCUT2D eigenvalue weighted by atomic mass is 35.5. The normalized spacial score (nSPS) is 9.08. The van der Waals surface area contributed by atoms with Gasteiger partial charge in [0, 0.05) is 12.1 Å². The van der Waals surface area contributed by atoms with Gasteiger partial charge in [-0.2, -0.15) is 0 Å². The van der Waals surface area contributed by atoms with Gasteiger partial charge in [-0.1, -0.05) is 29.1 Å². The summed E-state index contributed by atoms with van der Waals surface area (Å²) in [7, 11) is 0. The predicted molar refractivity (Wildman–Crippen MR) is 49.6 cm³/mol. The summed E-state index contributed by atoms with van der Waals surface area (Å²) in [6.45, 7) is 0.181. The average Bonchev–Trinajstić information content (AvgIpc) is 2.07. The molecule has 0 bridgehead atoms. The van der Waals surface area contributed by atoms with Gasteiger partial charge < -0.3 is 4.74 Å². The van der Waals surface area contributed by atoms with E-state index in [-0.39, 0.29) is 6.61 Å². The molecule has 3 heteroatoms. The van der Waals surface area contributed by atoms with Gasteiger partial charge >= 0.3 is 0 Å². The number of rotatable bonds is 2. The SMILES string of the molecule is C#CCOc1cc(Cl)[c]cc1Cl. The van der Waals surface area contributed by atoms with Crippen LogP contribution in [0.4, 0.5) is 0 Å². The van der Waals surface area contributed by atoms with E-state index in [1.54, 1.807) is 6.07 Å². The first-order valence-electron chi connectivity index (χ1n) is 3.17. The van der Waals surface area contributed by atoms with Gasteiger partial charge in [-0.3, -0.25) is 0 Å². The minimum absolute atomic E-state index is 0.181. The lowest BCUT2D eigenvalue weighted by molar-refractivity contribution is 0.370. The molecule has 0 fully saturated rings. The first kappa shape index (κ1) is 9.25. The molecule has 61 valence electrons. The number of terminal acetylenes is 1. The molecule has 0 aliphatic heterocycles. The molecular formula is C9H5Cl2O. The number of benzene rings is 1. The molecular weight excluding hydrogens is 195 g/mol. The van der Waals surface area contributed by atoms with Crippen molar-refractivity contribution in [1.29, 1.82) is 0 Å². The molecule has 1 radical (unpaired) electrons. The molecule has 0 aliphatic rings. The van der Waals surface area contributed by atoms with Crippen molar-refractivity contribution in [3.8, 4) is 18.1 Å². The van der Waals surface area contributed by atoms with Crippen molar-refractivity contribution in [3.63, 3.8) is 0 Å². The van der Waals surface area contributed by atoms with Crippen LogP contribution < -0.4 is 4.74 Å². The van der Waals surface area contributed by atoms with Crippen LogP contribution in [0.25, 0.3) is 0 Å². The zero-order valence-electron chi connectivity index (χ0n) is 6.10. The monoisotopic (exact) mass is 199 g/mol. The molecule has 0 heterocycles. The first-order valence-corrected chi connectivity index (χ1v) is 3.92. The fraction of sp³-hybridized carbons (Fsp3) is 0.111.